The topological polar surface area (TPSA) is 56.1 Å². The van der Waals surface area contributed by atoms with E-state index >= 15 is 0 Å². The number of amides is 1. The summed E-state index contributed by atoms with van der Waals surface area (Å²) in [4.78, 5) is 15.9. The lowest BCUT2D eigenvalue weighted by atomic mass is 9.72. The van der Waals surface area contributed by atoms with E-state index in [1.165, 1.54) is 29.7 Å². The molecule has 136 valence electrons. The molecule has 1 aliphatic carbocycles. The summed E-state index contributed by atoms with van der Waals surface area (Å²) in [5.74, 6) is 0.659. The number of likely N-dealkylation sites (tertiary alicyclic amines) is 1. The maximum absolute atomic E-state index is 12.4. The lowest BCUT2D eigenvalue weighted by Gasteiger charge is -2.33. The first-order valence-corrected chi connectivity index (χ1v) is 10.3. The van der Waals surface area contributed by atoms with Crippen LogP contribution in [0.3, 0.4) is 0 Å². The molecule has 1 aromatic rings. The number of rotatable bonds is 3. The predicted molar refractivity (Wildman–Crippen MR) is 103 cm³/mol. The van der Waals surface area contributed by atoms with E-state index in [1.807, 2.05) is 0 Å². The molecule has 1 amide bonds. The van der Waals surface area contributed by atoms with Crippen molar-refractivity contribution in [2.45, 2.75) is 59.3 Å². The third-order valence-corrected chi connectivity index (χ3v) is 6.84. The van der Waals surface area contributed by atoms with Gasteiger partial charge in [0.05, 0.1) is 12.1 Å². The average molecular weight is 360 g/mol. The number of hydrogen-bond acceptors (Lipinski definition) is 4. The maximum atomic E-state index is 12.4. The highest BCUT2D eigenvalue weighted by molar-refractivity contribution is 7.16. The van der Waals surface area contributed by atoms with Gasteiger partial charge in [-0.1, -0.05) is 27.2 Å². The number of nitrogens with zero attached hydrogens (tertiary/aromatic N) is 2. The van der Waals surface area contributed by atoms with Crippen LogP contribution >= 0.6 is 11.3 Å². The summed E-state index contributed by atoms with van der Waals surface area (Å²) in [6.07, 6.45) is 6.74. The van der Waals surface area contributed by atoms with Gasteiger partial charge in [0.15, 0.2) is 0 Å². The molecule has 1 saturated heterocycles. The number of anilines is 1. The van der Waals surface area contributed by atoms with Gasteiger partial charge in [0.25, 0.3) is 0 Å². The average Bonchev–Trinajstić information content (AvgIpc) is 2.90. The summed E-state index contributed by atoms with van der Waals surface area (Å²) >= 11 is 1.62. The van der Waals surface area contributed by atoms with Crippen LogP contribution in [0.25, 0.3) is 0 Å². The van der Waals surface area contributed by atoms with Gasteiger partial charge in [-0.25, -0.2) is 0 Å². The van der Waals surface area contributed by atoms with Gasteiger partial charge in [-0.05, 0) is 62.1 Å². The Balaban J connectivity index is 1.71. The third kappa shape index (κ3) is 4.24. The second-order valence-corrected chi connectivity index (χ2v) is 9.62. The van der Waals surface area contributed by atoms with E-state index < -0.39 is 0 Å². The molecular formula is C20H29N3OS. The van der Waals surface area contributed by atoms with Crippen molar-refractivity contribution < 1.29 is 4.79 Å². The van der Waals surface area contributed by atoms with Gasteiger partial charge in [-0.2, -0.15) is 5.26 Å². The lowest BCUT2D eigenvalue weighted by Crippen LogP contribution is -2.36. The zero-order chi connectivity index (χ0) is 18.0. The van der Waals surface area contributed by atoms with Crippen molar-refractivity contribution in [2.75, 3.05) is 25.0 Å². The molecule has 0 unspecified atom stereocenters. The van der Waals surface area contributed by atoms with Crippen molar-refractivity contribution in [1.82, 2.24) is 4.90 Å². The standard InChI is InChI=1S/C20H29N3OS/c1-20(2,3)14-7-8-15-16(12-21)19(25-17(15)11-14)22-18(24)13-23-9-5-4-6-10-23/h14H,4-11,13H2,1-3H3,(H,22,24)/t14-/m1/s1. The molecule has 3 rings (SSSR count). The van der Waals surface area contributed by atoms with E-state index in [2.05, 4.69) is 37.1 Å². The SMILES string of the molecule is CC(C)(C)[C@@H]1CCc2c(sc(NC(=O)CN3CCCCC3)c2C#N)C1. The number of piperidine rings is 1. The summed E-state index contributed by atoms with van der Waals surface area (Å²) in [6, 6.07) is 2.35. The van der Waals surface area contributed by atoms with E-state index in [0.717, 1.165) is 37.4 Å². The van der Waals surface area contributed by atoms with Crippen molar-refractivity contribution in [1.29, 1.82) is 5.26 Å². The van der Waals surface area contributed by atoms with Crippen LogP contribution in [0.15, 0.2) is 0 Å². The number of thiophene rings is 1. The summed E-state index contributed by atoms with van der Waals surface area (Å²) in [6.45, 7) is 9.34. The highest BCUT2D eigenvalue weighted by Gasteiger charge is 2.32. The largest absolute Gasteiger partial charge is 0.315 e. The van der Waals surface area contributed by atoms with Gasteiger partial charge in [-0.3, -0.25) is 9.69 Å². The highest BCUT2D eigenvalue weighted by atomic mass is 32.1. The van der Waals surface area contributed by atoms with Gasteiger partial charge in [0.1, 0.15) is 11.1 Å². The summed E-state index contributed by atoms with van der Waals surface area (Å²) < 4.78 is 0. The molecule has 25 heavy (non-hydrogen) atoms. The Morgan fingerprint density at radius 2 is 2.04 bits per heavy atom. The van der Waals surface area contributed by atoms with E-state index in [9.17, 15) is 10.1 Å². The second-order valence-electron chi connectivity index (χ2n) is 8.51. The van der Waals surface area contributed by atoms with Gasteiger partial charge < -0.3 is 5.32 Å². The first kappa shape index (κ1) is 18.4. The van der Waals surface area contributed by atoms with E-state index in [4.69, 9.17) is 0 Å². The first-order chi connectivity index (χ1) is 11.9. The Morgan fingerprint density at radius 1 is 1.32 bits per heavy atom. The zero-order valence-electron chi connectivity index (χ0n) is 15.7. The van der Waals surface area contributed by atoms with E-state index in [0.29, 0.717) is 18.0 Å². The Bertz CT molecular complexity index is 674. The van der Waals surface area contributed by atoms with Crippen LogP contribution in [-0.2, 0) is 17.6 Å². The molecule has 1 fully saturated rings. The molecule has 1 aliphatic heterocycles. The molecule has 0 spiro atoms. The molecule has 0 radical (unpaired) electrons. The maximum Gasteiger partial charge on any atom is 0.239 e. The number of carbonyl (C=O) groups is 1. The molecule has 1 N–H and O–H groups in total. The molecule has 0 saturated carbocycles. The van der Waals surface area contributed by atoms with Gasteiger partial charge in [-0.15, -0.1) is 11.3 Å². The lowest BCUT2D eigenvalue weighted by molar-refractivity contribution is -0.117. The monoisotopic (exact) mass is 359 g/mol. The van der Waals surface area contributed by atoms with Crippen LogP contribution < -0.4 is 5.32 Å². The summed E-state index contributed by atoms with van der Waals surface area (Å²) in [5, 5.41) is 13.4. The molecule has 4 nitrogen and oxygen atoms in total. The summed E-state index contributed by atoms with van der Waals surface area (Å²) in [5.41, 5.74) is 2.17. The second kappa shape index (κ2) is 7.47. The molecule has 1 atom stereocenters. The van der Waals surface area contributed by atoms with Gasteiger partial charge >= 0.3 is 0 Å². The quantitative estimate of drug-likeness (QED) is 0.880. The number of nitriles is 1. The van der Waals surface area contributed by atoms with Crippen molar-refractivity contribution in [3.63, 3.8) is 0 Å². The van der Waals surface area contributed by atoms with Crippen LogP contribution in [0.4, 0.5) is 5.00 Å². The molecular weight excluding hydrogens is 330 g/mol. The van der Waals surface area contributed by atoms with Crippen molar-refractivity contribution in [3.8, 4) is 6.07 Å². The van der Waals surface area contributed by atoms with E-state index in [1.54, 1.807) is 11.3 Å². The molecule has 1 aromatic heterocycles. The Labute approximate surface area is 155 Å². The van der Waals surface area contributed by atoms with Crippen LogP contribution in [0.5, 0.6) is 0 Å². The molecule has 0 aromatic carbocycles. The zero-order valence-corrected chi connectivity index (χ0v) is 16.5. The van der Waals surface area contributed by atoms with Crippen molar-refractivity contribution >= 4 is 22.2 Å². The number of fused-ring (bicyclic) bond motifs is 1. The van der Waals surface area contributed by atoms with Crippen LogP contribution in [0, 0.1) is 22.7 Å². The number of hydrogen-bond donors (Lipinski definition) is 1. The van der Waals surface area contributed by atoms with Crippen LogP contribution in [-0.4, -0.2) is 30.4 Å². The van der Waals surface area contributed by atoms with Crippen LogP contribution in [0.2, 0.25) is 0 Å². The minimum absolute atomic E-state index is 0.0179. The Hall–Kier alpha value is -1.38. The third-order valence-electron chi connectivity index (χ3n) is 5.67. The number of nitrogens with one attached hydrogen (secondary N) is 1. The van der Waals surface area contributed by atoms with Gasteiger partial charge in [0.2, 0.25) is 5.91 Å². The minimum atomic E-state index is 0.0179. The van der Waals surface area contributed by atoms with Crippen LogP contribution in [0.1, 0.15) is 62.5 Å². The normalized spacial score (nSPS) is 21.4. The van der Waals surface area contributed by atoms with Crippen molar-refractivity contribution in [2.24, 2.45) is 11.3 Å². The van der Waals surface area contributed by atoms with E-state index in [-0.39, 0.29) is 11.3 Å². The number of carbonyl (C=O) groups excluding carboxylic acids is 1. The minimum Gasteiger partial charge on any atom is -0.315 e. The molecule has 5 heteroatoms. The molecule has 2 heterocycles. The summed E-state index contributed by atoms with van der Waals surface area (Å²) in [7, 11) is 0. The fraction of sp³-hybridized carbons (Fsp3) is 0.700. The van der Waals surface area contributed by atoms with Crippen molar-refractivity contribution in [3.05, 3.63) is 16.0 Å². The fourth-order valence-corrected chi connectivity index (χ4v) is 5.31. The highest BCUT2D eigenvalue weighted by Crippen LogP contribution is 2.43. The Kier molecular flexibility index (Phi) is 5.50. The van der Waals surface area contributed by atoms with Gasteiger partial charge in [0, 0.05) is 4.88 Å². The fourth-order valence-electron chi connectivity index (χ4n) is 4.02. The predicted octanol–water partition coefficient (Wildman–Crippen LogP) is 4.20. The molecule has 0 bridgehead atoms. The smallest absolute Gasteiger partial charge is 0.239 e. The molecule has 2 aliphatic rings. The Morgan fingerprint density at radius 3 is 2.68 bits per heavy atom. The first-order valence-electron chi connectivity index (χ1n) is 9.45.